The van der Waals surface area contributed by atoms with E-state index in [0.717, 1.165) is 0 Å². The van der Waals surface area contributed by atoms with Crippen LogP contribution in [0.25, 0.3) is 0 Å². The molecule has 14 heavy (non-hydrogen) atoms. The summed E-state index contributed by atoms with van der Waals surface area (Å²) in [6.07, 6.45) is 1.30. The number of hydrogen-bond acceptors (Lipinski definition) is 3. The summed E-state index contributed by atoms with van der Waals surface area (Å²) in [4.78, 5) is 0. The van der Waals surface area contributed by atoms with Crippen molar-refractivity contribution in [2.45, 2.75) is 38.0 Å². The van der Waals surface area contributed by atoms with Gasteiger partial charge in [-0.2, -0.15) is 0 Å². The lowest BCUT2D eigenvalue weighted by atomic mass is 9.99. The smallest absolute Gasteiger partial charge is 0.214 e. The number of rotatable bonds is 3. The molecule has 0 aromatic heterocycles. The van der Waals surface area contributed by atoms with Gasteiger partial charge in [0.05, 0.1) is 11.4 Å². The average molecular weight is 221 g/mol. The van der Waals surface area contributed by atoms with Gasteiger partial charge in [-0.1, -0.05) is 13.8 Å². The van der Waals surface area contributed by atoms with Crippen LogP contribution in [0.3, 0.4) is 0 Å². The van der Waals surface area contributed by atoms with E-state index < -0.39 is 10.0 Å². The van der Waals surface area contributed by atoms with Crippen molar-refractivity contribution in [2.24, 2.45) is 5.92 Å². The first-order chi connectivity index (χ1) is 6.47. The Bertz CT molecular complexity index is 274. The van der Waals surface area contributed by atoms with Crippen molar-refractivity contribution in [1.82, 2.24) is 4.72 Å². The van der Waals surface area contributed by atoms with Crippen molar-refractivity contribution in [2.75, 3.05) is 13.7 Å². The zero-order valence-corrected chi connectivity index (χ0v) is 9.80. The predicted molar refractivity (Wildman–Crippen MR) is 55.6 cm³/mol. The molecule has 5 heteroatoms. The van der Waals surface area contributed by atoms with Gasteiger partial charge in [0, 0.05) is 6.61 Å². The molecule has 1 heterocycles. The summed E-state index contributed by atoms with van der Waals surface area (Å²) in [6, 6.07) is 0. The first kappa shape index (κ1) is 11.9. The lowest BCUT2D eigenvalue weighted by molar-refractivity contribution is -0.0101. The normalized spacial score (nSPS) is 29.4. The van der Waals surface area contributed by atoms with Crippen LogP contribution in [0.4, 0.5) is 0 Å². The van der Waals surface area contributed by atoms with Crippen molar-refractivity contribution >= 4 is 10.0 Å². The van der Waals surface area contributed by atoms with Gasteiger partial charge >= 0.3 is 0 Å². The number of hydrogen-bond donors (Lipinski definition) is 1. The molecule has 0 radical (unpaired) electrons. The summed E-state index contributed by atoms with van der Waals surface area (Å²) in [7, 11) is -1.65. The Hall–Kier alpha value is -0.130. The molecule has 2 unspecified atom stereocenters. The minimum Gasteiger partial charge on any atom is -0.378 e. The molecule has 0 saturated carbocycles. The average Bonchev–Trinajstić information content (AvgIpc) is 2.18. The number of nitrogens with one attached hydrogen (secondary N) is 1. The van der Waals surface area contributed by atoms with E-state index in [0.29, 0.717) is 25.4 Å². The highest BCUT2D eigenvalue weighted by molar-refractivity contribution is 7.90. The molecule has 84 valence electrons. The molecule has 0 bridgehead atoms. The second-order valence-electron chi connectivity index (χ2n) is 4.05. The Kier molecular flexibility index (Phi) is 3.92. The van der Waals surface area contributed by atoms with Crippen LogP contribution in [0, 0.1) is 5.92 Å². The third-order valence-electron chi connectivity index (χ3n) is 2.73. The van der Waals surface area contributed by atoms with Crippen LogP contribution < -0.4 is 4.72 Å². The van der Waals surface area contributed by atoms with E-state index in [1.54, 1.807) is 0 Å². The Morgan fingerprint density at radius 1 is 1.43 bits per heavy atom. The molecule has 1 rings (SSSR count). The predicted octanol–water partition coefficient (Wildman–Crippen LogP) is 0.739. The van der Waals surface area contributed by atoms with Crippen LogP contribution in [0.5, 0.6) is 0 Å². The molecular weight excluding hydrogens is 202 g/mol. The monoisotopic (exact) mass is 221 g/mol. The molecule has 0 spiro atoms. The fourth-order valence-corrected chi connectivity index (χ4v) is 2.89. The SMILES string of the molecule is CNS(=O)(=O)C1CCOC(C(C)C)C1. The van der Waals surface area contributed by atoms with E-state index >= 15 is 0 Å². The van der Waals surface area contributed by atoms with Gasteiger partial charge < -0.3 is 4.74 Å². The summed E-state index contributed by atoms with van der Waals surface area (Å²) in [5.41, 5.74) is 0. The summed E-state index contributed by atoms with van der Waals surface area (Å²) >= 11 is 0. The van der Waals surface area contributed by atoms with Gasteiger partial charge in [0.1, 0.15) is 0 Å². The fourth-order valence-electron chi connectivity index (χ4n) is 1.71. The quantitative estimate of drug-likeness (QED) is 0.764. The highest BCUT2D eigenvalue weighted by atomic mass is 32.2. The zero-order chi connectivity index (χ0) is 10.8. The van der Waals surface area contributed by atoms with Crippen molar-refractivity contribution in [3.8, 4) is 0 Å². The molecule has 1 N–H and O–H groups in total. The highest BCUT2D eigenvalue weighted by Crippen LogP contribution is 2.24. The van der Waals surface area contributed by atoms with E-state index in [4.69, 9.17) is 4.74 Å². The molecule has 0 amide bonds. The Morgan fingerprint density at radius 3 is 2.57 bits per heavy atom. The molecule has 0 aromatic carbocycles. The Morgan fingerprint density at radius 2 is 2.07 bits per heavy atom. The molecule has 0 aromatic rings. The highest BCUT2D eigenvalue weighted by Gasteiger charge is 2.32. The van der Waals surface area contributed by atoms with Gasteiger partial charge in [0.15, 0.2) is 0 Å². The minimum atomic E-state index is -3.12. The third kappa shape index (κ3) is 2.68. The fraction of sp³-hybridized carbons (Fsp3) is 1.00. The van der Waals surface area contributed by atoms with Crippen molar-refractivity contribution < 1.29 is 13.2 Å². The van der Waals surface area contributed by atoms with Crippen LogP contribution in [-0.4, -0.2) is 33.4 Å². The third-order valence-corrected chi connectivity index (χ3v) is 4.61. The summed E-state index contributed by atoms with van der Waals surface area (Å²) < 4.78 is 31.0. The Balaban J connectivity index is 2.65. The molecule has 2 atom stereocenters. The standard InChI is InChI=1S/C9H19NO3S/c1-7(2)9-6-8(4-5-13-9)14(11,12)10-3/h7-10H,4-6H2,1-3H3. The lowest BCUT2D eigenvalue weighted by Gasteiger charge is -2.31. The lowest BCUT2D eigenvalue weighted by Crippen LogP contribution is -2.41. The number of sulfonamides is 1. The molecular formula is C9H19NO3S. The summed E-state index contributed by atoms with van der Waals surface area (Å²) in [5, 5.41) is -0.284. The van der Waals surface area contributed by atoms with Gasteiger partial charge in [-0.15, -0.1) is 0 Å². The van der Waals surface area contributed by atoms with Crippen molar-refractivity contribution in [1.29, 1.82) is 0 Å². The molecule has 1 aliphatic rings. The largest absolute Gasteiger partial charge is 0.378 e. The van der Waals surface area contributed by atoms with Gasteiger partial charge in [0.2, 0.25) is 10.0 Å². The van der Waals surface area contributed by atoms with Crippen LogP contribution in [-0.2, 0) is 14.8 Å². The van der Waals surface area contributed by atoms with Crippen LogP contribution in [0.1, 0.15) is 26.7 Å². The molecule has 1 fully saturated rings. The zero-order valence-electron chi connectivity index (χ0n) is 8.99. The Labute approximate surface area is 86.1 Å². The number of ether oxygens (including phenoxy) is 1. The minimum absolute atomic E-state index is 0.0804. The second kappa shape index (κ2) is 4.59. The second-order valence-corrected chi connectivity index (χ2v) is 6.21. The van der Waals surface area contributed by atoms with Gasteiger partial charge in [-0.05, 0) is 25.8 Å². The van der Waals surface area contributed by atoms with Crippen LogP contribution >= 0.6 is 0 Å². The van der Waals surface area contributed by atoms with E-state index in [9.17, 15) is 8.42 Å². The first-order valence-corrected chi connectivity index (χ1v) is 6.56. The maximum absolute atomic E-state index is 11.6. The van der Waals surface area contributed by atoms with E-state index in [1.165, 1.54) is 7.05 Å². The molecule has 1 saturated heterocycles. The van der Waals surface area contributed by atoms with Crippen LogP contribution in [0.15, 0.2) is 0 Å². The van der Waals surface area contributed by atoms with E-state index in [1.807, 2.05) is 0 Å². The first-order valence-electron chi connectivity index (χ1n) is 5.01. The summed E-state index contributed by atoms with van der Waals surface area (Å²) in [6.45, 7) is 4.66. The van der Waals surface area contributed by atoms with Crippen molar-refractivity contribution in [3.05, 3.63) is 0 Å². The molecule has 0 aliphatic carbocycles. The maximum atomic E-state index is 11.6. The van der Waals surface area contributed by atoms with Crippen LogP contribution in [0.2, 0.25) is 0 Å². The topological polar surface area (TPSA) is 55.4 Å². The maximum Gasteiger partial charge on any atom is 0.214 e. The van der Waals surface area contributed by atoms with Gasteiger partial charge in [-0.3, -0.25) is 0 Å². The molecule has 4 nitrogen and oxygen atoms in total. The van der Waals surface area contributed by atoms with Crippen molar-refractivity contribution in [3.63, 3.8) is 0 Å². The molecule has 1 aliphatic heterocycles. The van der Waals surface area contributed by atoms with E-state index in [-0.39, 0.29) is 11.4 Å². The van der Waals surface area contributed by atoms with E-state index in [2.05, 4.69) is 18.6 Å². The van der Waals surface area contributed by atoms with Gasteiger partial charge in [0.25, 0.3) is 0 Å². The summed E-state index contributed by atoms with van der Waals surface area (Å²) in [5.74, 6) is 0.379. The van der Waals surface area contributed by atoms with Gasteiger partial charge in [-0.25, -0.2) is 13.1 Å².